The van der Waals surface area contributed by atoms with E-state index in [1.54, 1.807) is 13.2 Å². The Bertz CT molecular complexity index is 368. The quantitative estimate of drug-likeness (QED) is 0.927. The highest BCUT2D eigenvalue weighted by molar-refractivity contribution is 9.10. The van der Waals surface area contributed by atoms with Gasteiger partial charge in [0, 0.05) is 30.1 Å². The maximum Gasteiger partial charge on any atom is 0.128 e. The molecule has 1 aromatic carbocycles. The smallest absolute Gasteiger partial charge is 0.128 e. The first kappa shape index (κ1) is 11.8. The number of rotatable bonds is 3. The van der Waals surface area contributed by atoms with Crippen LogP contribution in [0.1, 0.15) is 6.42 Å². The molecule has 5 heteroatoms. The molecule has 3 unspecified atom stereocenters. The molecule has 1 saturated carbocycles. The summed E-state index contributed by atoms with van der Waals surface area (Å²) in [6.07, 6.45) is 0.530. The highest BCUT2D eigenvalue weighted by atomic mass is 79.9. The summed E-state index contributed by atoms with van der Waals surface area (Å²) in [6, 6.07) is 4.46. The summed E-state index contributed by atoms with van der Waals surface area (Å²) in [5.41, 5.74) is 5.75. The van der Waals surface area contributed by atoms with Crippen LogP contribution in [0, 0.1) is 5.82 Å². The van der Waals surface area contributed by atoms with Crippen molar-refractivity contribution >= 4 is 15.9 Å². The van der Waals surface area contributed by atoms with Crippen LogP contribution in [-0.4, -0.2) is 25.4 Å². The molecule has 0 heterocycles. The molecule has 0 saturated heterocycles. The Kier molecular flexibility index (Phi) is 3.47. The lowest BCUT2D eigenvalue weighted by atomic mass is 9.86. The van der Waals surface area contributed by atoms with Gasteiger partial charge in [0.2, 0.25) is 0 Å². The van der Waals surface area contributed by atoms with Gasteiger partial charge in [-0.05, 0) is 12.1 Å². The highest BCUT2D eigenvalue weighted by Crippen LogP contribution is 2.29. The van der Waals surface area contributed by atoms with Crippen LogP contribution >= 0.6 is 15.9 Å². The van der Waals surface area contributed by atoms with Crippen molar-refractivity contribution in [2.45, 2.75) is 24.7 Å². The summed E-state index contributed by atoms with van der Waals surface area (Å²) in [5.74, 6) is 0.160. The van der Waals surface area contributed by atoms with E-state index >= 15 is 0 Å². The van der Waals surface area contributed by atoms with Crippen molar-refractivity contribution in [1.82, 2.24) is 0 Å². The van der Waals surface area contributed by atoms with Crippen LogP contribution in [0.15, 0.2) is 22.7 Å². The van der Waals surface area contributed by atoms with Gasteiger partial charge in [-0.15, -0.1) is 0 Å². The second-order valence-corrected chi connectivity index (χ2v) is 4.78. The van der Waals surface area contributed by atoms with E-state index in [1.807, 2.05) is 0 Å². The Labute approximate surface area is 102 Å². The van der Waals surface area contributed by atoms with Gasteiger partial charge in [0.1, 0.15) is 23.8 Å². The van der Waals surface area contributed by atoms with Gasteiger partial charge in [0.05, 0.1) is 0 Å². The molecule has 1 aliphatic carbocycles. The fourth-order valence-corrected chi connectivity index (χ4v) is 2.27. The first-order chi connectivity index (χ1) is 7.60. The van der Waals surface area contributed by atoms with Crippen molar-refractivity contribution in [3.05, 3.63) is 28.5 Å². The fourth-order valence-electron chi connectivity index (χ4n) is 1.83. The molecule has 0 aliphatic heterocycles. The predicted octanol–water partition coefficient (Wildman–Crippen LogP) is 2.08. The summed E-state index contributed by atoms with van der Waals surface area (Å²) >= 11 is 3.21. The van der Waals surface area contributed by atoms with Crippen LogP contribution in [-0.2, 0) is 4.74 Å². The van der Waals surface area contributed by atoms with Crippen LogP contribution in [0.25, 0.3) is 0 Å². The van der Waals surface area contributed by atoms with Gasteiger partial charge in [-0.3, -0.25) is 0 Å². The number of hydrogen-bond donors (Lipinski definition) is 1. The maximum atomic E-state index is 13.1. The standard InChI is InChI=1S/C11H13BrFNO2/c1-15-11-9(14)5-10(11)16-8-3-6(12)2-7(13)4-8/h2-4,9-11H,5,14H2,1H3. The van der Waals surface area contributed by atoms with E-state index in [2.05, 4.69) is 15.9 Å². The third kappa shape index (κ3) is 2.36. The predicted molar refractivity (Wildman–Crippen MR) is 61.9 cm³/mol. The topological polar surface area (TPSA) is 44.5 Å². The lowest BCUT2D eigenvalue weighted by molar-refractivity contribution is -0.0783. The third-order valence-electron chi connectivity index (χ3n) is 2.69. The van der Waals surface area contributed by atoms with E-state index < -0.39 is 0 Å². The Morgan fingerprint density at radius 3 is 2.75 bits per heavy atom. The molecule has 2 rings (SSSR count). The molecule has 1 aliphatic rings. The van der Waals surface area contributed by atoms with Gasteiger partial charge in [-0.1, -0.05) is 15.9 Å². The molecule has 2 N–H and O–H groups in total. The molecular formula is C11H13BrFNO2. The number of hydrogen-bond acceptors (Lipinski definition) is 3. The zero-order chi connectivity index (χ0) is 11.7. The summed E-state index contributed by atoms with van der Waals surface area (Å²) < 4.78 is 24.5. The number of benzene rings is 1. The minimum atomic E-state index is -0.332. The first-order valence-electron chi connectivity index (χ1n) is 5.01. The van der Waals surface area contributed by atoms with Crippen molar-refractivity contribution in [2.75, 3.05) is 7.11 Å². The number of nitrogens with two attached hydrogens (primary N) is 1. The molecule has 16 heavy (non-hydrogen) atoms. The zero-order valence-electron chi connectivity index (χ0n) is 8.82. The van der Waals surface area contributed by atoms with Crippen LogP contribution in [0.4, 0.5) is 4.39 Å². The number of methoxy groups -OCH3 is 1. The molecule has 3 atom stereocenters. The van der Waals surface area contributed by atoms with Crippen LogP contribution in [0.5, 0.6) is 5.75 Å². The lowest BCUT2D eigenvalue weighted by Gasteiger charge is -2.40. The van der Waals surface area contributed by atoms with Crippen molar-refractivity contribution in [1.29, 1.82) is 0 Å². The number of halogens is 2. The van der Waals surface area contributed by atoms with Crippen molar-refractivity contribution < 1.29 is 13.9 Å². The van der Waals surface area contributed by atoms with Gasteiger partial charge >= 0.3 is 0 Å². The van der Waals surface area contributed by atoms with Crippen LogP contribution < -0.4 is 10.5 Å². The molecule has 1 aromatic rings. The van der Waals surface area contributed by atoms with Gasteiger partial charge in [-0.25, -0.2) is 4.39 Å². The second-order valence-electron chi connectivity index (χ2n) is 3.86. The summed E-state index contributed by atoms with van der Waals surface area (Å²) in [7, 11) is 1.60. The maximum absolute atomic E-state index is 13.1. The minimum absolute atomic E-state index is 0.00648. The normalized spacial score (nSPS) is 28.6. The molecule has 88 valence electrons. The van der Waals surface area contributed by atoms with Gasteiger partial charge in [0.15, 0.2) is 0 Å². The van der Waals surface area contributed by atoms with Crippen LogP contribution in [0.3, 0.4) is 0 Å². The molecule has 0 aromatic heterocycles. The molecule has 0 amide bonds. The molecule has 0 radical (unpaired) electrons. The van der Waals surface area contributed by atoms with E-state index in [-0.39, 0.29) is 24.1 Å². The largest absolute Gasteiger partial charge is 0.487 e. The van der Waals surface area contributed by atoms with E-state index in [4.69, 9.17) is 15.2 Å². The zero-order valence-corrected chi connectivity index (χ0v) is 10.4. The Morgan fingerprint density at radius 1 is 1.44 bits per heavy atom. The summed E-state index contributed by atoms with van der Waals surface area (Å²) in [5, 5.41) is 0. The average molecular weight is 290 g/mol. The van der Waals surface area contributed by atoms with Crippen molar-refractivity contribution in [3.8, 4) is 5.75 Å². The lowest BCUT2D eigenvalue weighted by Crippen LogP contribution is -2.59. The monoisotopic (exact) mass is 289 g/mol. The SMILES string of the molecule is COC1C(N)CC1Oc1cc(F)cc(Br)c1. The molecular weight excluding hydrogens is 277 g/mol. The Balaban J connectivity index is 2.04. The van der Waals surface area contributed by atoms with E-state index in [9.17, 15) is 4.39 Å². The molecule has 0 spiro atoms. The highest BCUT2D eigenvalue weighted by Gasteiger charge is 2.40. The molecule has 3 nitrogen and oxygen atoms in total. The fraction of sp³-hybridized carbons (Fsp3) is 0.455. The molecule has 1 fully saturated rings. The number of ether oxygens (including phenoxy) is 2. The average Bonchev–Trinajstić information content (AvgIpc) is 2.15. The van der Waals surface area contributed by atoms with E-state index in [1.165, 1.54) is 12.1 Å². The van der Waals surface area contributed by atoms with Crippen LogP contribution in [0.2, 0.25) is 0 Å². The van der Waals surface area contributed by atoms with Crippen molar-refractivity contribution in [2.24, 2.45) is 5.73 Å². The summed E-state index contributed by atoms with van der Waals surface area (Å²) in [6.45, 7) is 0. The minimum Gasteiger partial charge on any atom is -0.487 e. The Morgan fingerprint density at radius 2 is 2.19 bits per heavy atom. The van der Waals surface area contributed by atoms with Gasteiger partial charge in [-0.2, -0.15) is 0 Å². The summed E-state index contributed by atoms with van der Waals surface area (Å²) in [4.78, 5) is 0. The van der Waals surface area contributed by atoms with Gasteiger partial charge in [0.25, 0.3) is 0 Å². The van der Waals surface area contributed by atoms with E-state index in [0.29, 0.717) is 10.2 Å². The van der Waals surface area contributed by atoms with Crippen molar-refractivity contribution in [3.63, 3.8) is 0 Å². The second kappa shape index (κ2) is 4.69. The van der Waals surface area contributed by atoms with E-state index in [0.717, 1.165) is 6.42 Å². The Hall–Kier alpha value is -0.650. The first-order valence-corrected chi connectivity index (χ1v) is 5.80. The molecule has 0 bridgehead atoms. The third-order valence-corrected chi connectivity index (χ3v) is 3.15. The van der Waals surface area contributed by atoms with Gasteiger partial charge < -0.3 is 15.2 Å².